The molecule has 0 bridgehead atoms. The smallest absolute Gasteiger partial charge is 0.411 e. The van der Waals surface area contributed by atoms with Gasteiger partial charge in [0.25, 0.3) is 0 Å². The lowest BCUT2D eigenvalue weighted by molar-refractivity contribution is -0.176. The van der Waals surface area contributed by atoms with Crippen LogP contribution in [0, 0.1) is 0 Å². The maximum Gasteiger partial charge on any atom is 0.411 e. The lowest BCUT2D eigenvalue weighted by atomic mass is 10.3. The third kappa shape index (κ3) is 7.74. The standard InChI is InChI=1S/C7H10F3NO4/c1-4(6(13)14)11-5(12)2-15-3-7(8,9)10/h4H,2-3H2,1H3,(H,11,12)(H,13,14). The summed E-state index contributed by atoms with van der Waals surface area (Å²) in [5.41, 5.74) is 0. The molecule has 0 aliphatic carbocycles. The van der Waals surface area contributed by atoms with Crippen molar-refractivity contribution in [1.82, 2.24) is 5.32 Å². The van der Waals surface area contributed by atoms with Crippen LogP contribution in [0.15, 0.2) is 0 Å². The van der Waals surface area contributed by atoms with Gasteiger partial charge in [0, 0.05) is 0 Å². The number of carboxylic acid groups (broad SMARTS) is 1. The molecule has 1 unspecified atom stereocenters. The molecule has 8 heteroatoms. The molecule has 1 amide bonds. The zero-order valence-corrected chi connectivity index (χ0v) is 7.80. The number of ether oxygens (including phenoxy) is 1. The molecule has 0 fully saturated rings. The number of alkyl halides is 3. The number of hydrogen-bond acceptors (Lipinski definition) is 3. The Kier molecular flexibility index (Phi) is 5.06. The second-order valence-electron chi connectivity index (χ2n) is 2.74. The molecule has 0 rings (SSSR count). The second-order valence-corrected chi connectivity index (χ2v) is 2.74. The molecule has 0 aromatic heterocycles. The van der Waals surface area contributed by atoms with E-state index in [0.717, 1.165) is 0 Å². The van der Waals surface area contributed by atoms with E-state index in [1.807, 2.05) is 5.32 Å². The van der Waals surface area contributed by atoms with Gasteiger partial charge in [-0.25, -0.2) is 0 Å². The molecular formula is C7H10F3NO4. The van der Waals surface area contributed by atoms with Crippen molar-refractivity contribution < 1.29 is 32.6 Å². The van der Waals surface area contributed by atoms with Crippen molar-refractivity contribution in [2.75, 3.05) is 13.2 Å². The highest BCUT2D eigenvalue weighted by atomic mass is 19.4. The van der Waals surface area contributed by atoms with Gasteiger partial charge < -0.3 is 15.2 Å². The lowest BCUT2D eigenvalue weighted by Gasteiger charge is -2.10. The van der Waals surface area contributed by atoms with E-state index >= 15 is 0 Å². The van der Waals surface area contributed by atoms with Crippen LogP contribution in [0.5, 0.6) is 0 Å². The molecule has 0 radical (unpaired) electrons. The quantitative estimate of drug-likeness (QED) is 0.703. The Labute approximate surface area is 83.2 Å². The molecule has 88 valence electrons. The first-order valence-electron chi connectivity index (χ1n) is 3.89. The monoisotopic (exact) mass is 229 g/mol. The van der Waals surface area contributed by atoms with E-state index in [1.165, 1.54) is 6.92 Å². The van der Waals surface area contributed by atoms with Crippen LogP contribution < -0.4 is 5.32 Å². The fraction of sp³-hybridized carbons (Fsp3) is 0.714. The molecule has 0 aromatic rings. The van der Waals surface area contributed by atoms with Crippen molar-refractivity contribution in [3.63, 3.8) is 0 Å². The van der Waals surface area contributed by atoms with E-state index in [4.69, 9.17) is 5.11 Å². The van der Waals surface area contributed by atoms with Crippen molar-refractivity contribution in [3.05, 3.63) is 0 Å². The Bertz CT molecular complexity index is 241. The van der Waals surface area contributed by atoms with Crippen LogP contribution in [0.2, 0.25) is 0 Å². The molecular weight excluding hydrogens is 219 g/mol. The molecule has 0 heterocycles. The van der Waals surface area contributed by atoms with Gasteiger partial charge in [-0.15, -0.1) is 0 Å². The first-order valence-corrected chi connectivity index (χ1v) is 3.89. The third-order valence-electron chi connectivity index (χ3n) is 1.25. The zero-order valence-electron chi connectivity index (χ0n) is 7.80. The fourth-order valence-corrected chi connectivity index (χ4v) is 0.604. The maximum atomic E-state index is 11.5. The highest BCUT2D eigenvalue weighted by molar-refractivity contribution is 5.83. The number of halogens is 3. The van der Waals surface area contributed by atoms with E-state index in [0.29, 0.717) is 0 Å². The SMILES string of the molecule is CC(NC(=O)COCC(F)(F)F)C(=O)O. The van der Waals surface area contributed by atoms with Gasteiger partial charge in [-0.2, -0.15) is 13.2 Å². The van der Waals surface area contributed by atoms with Crippen molar-refractivity contribution in [3.8, 4) is 0 Å². The van der Waals surface area contributed by atoms with E-state index in [-0.39, 0.29) is 0 Å². The van der Waals surface area contributed by atoms with Gasteiger partial charge in [0.05, 0.1) is 0 Å². The number of carboxylic acids is 1. The van der Waals surface area contributed by atoms with Gasteiger partial charge in [-0.3, -0.25) is 9.59 Å². The molecule has 15 heavy (non-hydrogen) atoms. The molecule has 5 nitrogen and oxygen atoms in total. The van der Waals surface area contributed by atoms with Gasteiger partial charge in [-0.05, 0) is 6.92 Å². The molecule has 0 aliphatic rings. The molecule has 0 saturated heterocycles. The van der Waals surface area contributed by atoms with Crippen LogP contribution >= 0.6 is 0 Å². The number of aliphatic carboxylic acids is 1. The molecule has 0 saturated carbocycles. The van der Waals surface area contributed by atoms with Gasteiger partial charge >= 0.3 is 12.1 Å². The Hall–Kier alpha value is -1.31. The van der Waals surface area contributed by atoms with Gasteiger partial charge in [0.1, 0.15) is 19.3 Å². The minimum atomic E-state index is -4.50. The number of rotatable bonds is 5. The van der Waals surface area contributed by atoms with Crippen LogP contribution in [0.3, 0.4) is 0 Å². The van der Waals surface area contributed by atoms with E-state index in [9.17, 15) is 22.8 Å². The Morgan fingerprint density at radius 2 is 2.00 bits per heavy atom. The number of amides is 1. The summed E-state index contributed by atoms with van der Waals surface area (Å²) in [6.07, 6.45) is -4.50. The number of carbonyl (C=O) groups is 2. The number of hydrogen-bond donors (Lipinski definition) is 2. The summed E-state index contributed by atoms with van der Waals surface area (Å²) in [6, 6.07) is -1.16. The largest absolute Gasteiger partial charge is 0.480 e. The Balaban J connectivity index is 3.72. The first kappa shape index (κ1) is 13.7. The third-order valence-corrected chi connectivity index (χ3v) is 1.25. The first-order chi connectivity index (χ1) is 6.72. The zero-order chi connectivity index (χ0) is 12.1. The summed E-state index contributed by atoms with van der Waals surface area (Å²) in [4.78, 5) is 21.0. The number of nitrogens with one attached hydrogen (secondary N) is 1. The normalized spacial score (nSPS) is 13.3. The predicted molar refractivity (Wildman–Crippen MR) is 42.1 cm³/mol. The van der Waals surface area contributed by atoms with Crippen LogP contribution in [0.4, 0.5) is 13.2 Å². The topological polar surface area (TPSA) is 75.6 Å². The highest BCUT2D eigenvalue weighted by Gasteiger charge is 2.28. The molecule has 0 spiro atoms. The lowest BCUT2D eigenvalue weighted by Crippen LogP contribution is -2.40. The molecule has 0 aromatic carbocycles. The summed E-state index contributed by atoms with van der Waals surface area (Å²) >= 11 is 0. The van der Waals surface area contributed by atoms with E-state index in [1.54, 1.807) is 0 Å². The number of carbonyl (C=O) groups excluding carboxylic acids is 1. The van der Waals surface area contributed by atoms with Gasteiger partial charge in [0.2, 0.25) is 5.91 Å². The summed E-state index contributed by atoms with van der Waals surface area (Å²) in [7, 11) is 0. The van der Waals surface area contributed by atoms with Crippen LogP contribution in [0.1, 0.15) is 6.92 Å². The van der Waals surface area contributed by atoms with Crippen LogP contribution in [-0.2, 0) is 14.3 Å². The summed E-state index contributed by atoms with van der Waals surface area (Å²) in [6.45, 7) is -1.18. The van der Waals surface area contributed by atoms with Gasteiger partial charge in [-0.1, -0.05) is 0 Å². The maximum absolute atomic E-state index is 11.5. The molecule has 0 aliphatic heterocycles. The van der Waals surface area contributed by atoms with E-state index in [2.05, 4.69) is 4.74 Å². The van der Waals surface area contributed by atoms with Crippen molar-refractivity contribution in [2.24, 2.45) is 0 Å². The van der Waals surface area contributed by atoms with Crippen LogP contribution in [-0.4, -0.2) is 42.4 Å². The van der Waals surface area contributed by atoms with E-state index < -0.39 is 37.3 Å². The Morgan fingerprint density at radius 3 is 2.40 bits per heavy atom. The van der Waals surface area contributed by atoms with Crippen molar-refractivity contribution in [2.45, 2.75) is 19.1 Å². The fourth-order valence-electron chi connectivity index (χ4n) is 0.604. The summed E-state index contributed by atoms with van der Waals surface area (Å²) < 4.78 is 38.6. The summed E-state index contributed by atoms with van der Waals surface area (Å²) in [5, 5.41) is 10.3. The minimum Gasteiger partial charge on any atom is -0.480 e. The van der Waals surface area contributed by atoms with Crippen molar-refractivity contribution >= 4 is 11.9 Å². The molecule has 2 N–H and O–H groups in total. The predicted octanol–water partition coefficient (Wildman–Crippen LogP) is 0.155. The average Bonchev–Trinajstić information content (AvgIpc) is 2.01. The Morgan fingerprint density at radius 1 is 1.47 bits per heavy atom. The van der Waals surface area contributed by atoms with Crippen molar-refractivity contribution in [1.29, 1.82) is 0 Å². The highest BCUT2D eigenvalue weighted by Crippen LogP contribution is 2.13. The van der Waals surface area contributed by atoms with Gasteiger partial charge in [0.15, 0.2) is 0 Å². The van der Waals surface area contributed by atoms with Crippen LogP contribution in [0.25, 0.3) is 0 Å². The minimum absolute atomic E-state index is 0.822. The second kappa shape index (κ2) is 5.54. The molecule has 1 atom stereocenters. The average molecular weight is 229 g/mol. The summed E-state index contributed by atoms with van der Waals surface area (Å²) in [5.74, 6) is -2.19.